The van der Waals surface area contributed by atoms with Crippen LogP contribution in [0.3, 0.4) is 0 Å². The second-order valence-electron chi connectivity index (χ2n) is 5.26. The van der Waals surface area contributed by atoms with Crippen LogP contribution in [0.4, 0.5) is 0 Å². The number of carbonyl (C=O) groups is 1. The number of benzene rings is 2. The van der Waals surface area contributed by atoms with Crippen molar-refractivity contribution in [2.24, 2.45) is 0 Å². The molecule has 1 amide bonds. The van der Waals surface area contributed by atoms with Crippen LogP contribution in [0.15, 0.2) is 60.7 Å². The lowest BCUT2D eigenvalue weighted by molar-refractivity contribution is -0.122. The molecule has 0 aliphatic carbocycles. The van der Waals surface area contributed by atoms with Crippen molar-refractivity contribution >= 4 is 18.3 Å². The minimum Gasteiger partial charge on any atom is -0.343 e. The van der Waals surface area contributed by atoms with Crippen molar-refractivity contribution in [2.75, 3.05) is 13.6 Å². The summed E-state index contributed by atoms with van der Waals surface area (Å²) in [5.74, 6) is 0.0413. The summed E-state index contributed by atoms with van der Waals surface area (Å²) in [6, 6.07) is 20.1. The quantitative estimate of drug-likeness (QED) is 0.859. The average Bonchev–Trinajstić information content (AvgIpc) is 2.54. The molecule has 0 saturated heterocycles. The first-order valence-electron chi connectivity index (χ1n) is 7.23. The average molecular weight is 319 g/mol. The summed E-state index contributed by atoms with van der Waals surface area (Å²) in [5, 5.41) is 6.18. The summed E-state index contributed by atoms with van der Waals surface area (Å²) in [7, 11) is 1.85. The Labute approximate surface area is 138 Å². The van der Waals surface area contributed by atoms with Gasteiger partial charge >= 0.3 is 0 Å². The zero-order chi connectivity index (χ0) is 15.1. The van der Waals surface area contributed by atoms with E-state index in [9.17, 15) is 4.79 Å². The molecule has 3 nitrogen and oxygen atoms in total. The Morgan fingerprint density at radius 2 is 1.41 bits per heavy atom. The molecular weight excluding hydrogens is 296 g/mol. The molecule has 2 aromatic carbocycles. The number of nitrogens with one attached hydrogen (secondary N) is 2. The van der Waals surface area contributed by atoms with Crippen LogP contribution < -0.4 is 10.6 Å². The van der Waals surface area contributed by atoms with E-state index in [4.69, 9.17) is 0 Å². The lowest BCUT2D eigenvalue weighted by Gasteiger charge is -2.32. The van der Waals surface area contributed by atoms with E-state index in [1.54, 1.807) is 0 Å². The number of hydrogen-bond donors (Lipinski definition) is 2. The topological polar surface area (TPSA) is 41.1 Å². The van der Waals surface area contributed by atoms with Crippen molar-refractivity contribution in [3.8, 4) is 0 Å². The predicted octanol–water partition coefficient (Wildman–Crippen LogP) is 3.10. The first kappa shape index (κ1) is 18.2. The molecule has 2 N–H and O–H groups in total. The van der Waals surface area contributed by atoms with Gasteiger partial charge in [0.05, 0.1) is 5.54 Å². The van der Waals surface area contributed by atoms with Gasteiger partial charge in [0.25, 0.3) is 0 Å². The first-order valence-corrected chi connectivity index (χ1v) is 7.23. The highest BCUT2D eigenvalue weighted by Gasteiger charge is 2.30. The summed E-state index contributed by atoms with van der Waals surface area (Å²) in [6.45, 7) is 2.72. The second-order valence-corrected chi connectivity index (χ2v) is 5.26. The third kappa shape index (κ3) is 4.33. The highest BCUT2D eigenvalue weighted by Crippen LogP contribution is 2.29. The minimum absolute atomic E-state index is 0. The standard InChI is InChI=1S/C18H22N2O.ClH/c1-18(15-9-5-3-6-10-15,16-11-7-4-8-12-16)20-17(21)13-14-19-2;/h3-12,19H,13-14H2,1-2H3,(H,20,21);1H. The molecule has 0 saturated carbocycles. The molecule has 0 unspecified atom stereocenters. The SMILES string of the molecule is CNCCC(=O)NC(C)(c1ccccc1)c1ccccc1.Cl. The summed E-state index contributed by atoms with van der Waals surface area (Å²) in [4.78, 5) is 12.2. The van der Waals surface area contributed by atoms with Crippen LogP contribution in [0.25, 0.3) is 0 Å². The van der Waals surface area contributed by atoms with E-state index in [-0.39, 0.29) is 18.3 Å². The number of halogens is 1. The van der Waals surface area contributed by atoms with Gasteiger partial charge in [0.2, 0.25) is 5.91 Å². The fourth-order valence-corrected chi connectivity index (χ4v) is 2.43. The van der Waals surface area contributed by atoms with Gasteiger partial charge in [0.15, 0.2) is 0 Å². The van der Waals surface area contributed by atoms with E-state index in [1.807, 2.05) is 67.7 Å². The molecule has 0 aromatic heterocycles. The summed E-state index contributed by atoms with van der Waals surface area (Å²) in [5.41, 5.74) is 1.64. The number of hydrogen-bond acceptors (Lipinski definition) is 2. The van der Waals surface area contributed by atoms with Crippen molar-refractivity contribution in [3.63, 3.8) is 0 Å². The lowest BCUT2D eigenvalue weighted by Crippen LogP contribution is -2.45. The monoisotopic (exact) mass is 318 g/mol. The van der Waals surface area contributed by atoms with Gasteiger partial charge in [0, 0.05) is 13.0 Å². The van der Waals surface area contributed by atoms with Gasteiger partial charge in [-0.1, -0.05) is 60.7 Å². The Balaban J connectivity index is 0.00000242. The van der Waals surface area contributed by atoms with Crippen molar-refractivity contribution in [3.05, 3.63) is 71.8 Å². The van der Waals surface area contributed by atoms with Crippen molar-refractivity contribution in [2.45, 2.75) is 18.9 Å². The van der Waals surface area contributed by atoms with E-state index in [1.165, 1.54) is 0 Å². The molecule has 4 heteroatoms. The zero-order valence-electron chi connectivity index (χ0n) is 13.0. The maximum Gasteiger partial charge on any atom is 0.222 e. The Hall–Kier alpha value is -1.84. The van der Waals surface area contributed by atoms with Crippen LogP contribution in [0.1, 0.15) is 24.5 Å². The van der Waals surface area contributed by atoms with Crippen molar-refractivity contribution in [1.29, 1.82) is 0 Å². The third-order valence-corrected chi connectivity index (χ3v) is 3.69. The maximum absolute atomic E-state index is 12.2. The highest BCUT2D eigenvalue weighted by atomic mass is 35.5. The van der Waals surface area contributed by atoms with E-state index in [0.717, 1.165) is 11.1 Å². The lowest BCUT2D eigenvalue weighted by atomic mass is 9.84. The Morgan fingerprint density at radius 1 is 0.955 bits per heavy atom. The molecule has 0 aliphatic heterocycles. The summed E-state index contributed by atoms with van der Waals surface area (Å²) < 4.78 is 0. The van der Waals surface area contributed by atoms with Crippen LogP contribution in [0.5, 0.6) is 0 Å². The highest BCUT2D eigenvalue weighted by molar-refractivity contribution is 5.85. The predicted molar refractivity (Wildman–Crippen MR) is 93.3 cm³/mol. The number of amides is 1. The zero-order valence-corrected chi connectivity index (χ0v) is 13.8. The Kier molecular flexibility index (Phi) is 7.09. The minimum atomic E-state index is -0.520. The molecule has 2 aromatic rings. The fraction of sp³-hybridized carbons (Fsp3) is 0.278. The molecule has 0 fully saturated rings. The van der Waals surface area contributed by atoms with Crippen LogP contribution >= 0.6 is 12.4 Å². The van der Waals surface area contributed by atoms with Gasteiger partial charge in [-0.2, -0.15) is 0 Å². The molecule has 0 atom stereocenters. The summed E-state index contributed by atoms with van der Waals surface area (Å²) >= 11 is 0. The molecule has 0 spiro atoms. The largest absolute Gasteiger partial charge is 0.343 e. The molecule has 0 heterocycles. The first-order chi connectivity index (χ1) is 10.2. The maximum atomic E-state index is 12.2. The Bertz CT molecular complexity index is 533. The number of rotatable bonds is 6. The smallest absolute Gasteiger partial charge is 0.222 e. The van der Waals surface area contributed by atoms with Crippen LogP contribution in [0.2, 0.25) is 0 Å². The van der Waals surface area contributed by atoms with Gasteiger partial charge < -0.3 is 10.6 Å². The molecule has 118 valence electrons. The van der Waals surface area contributed by atoms with Crippen LogP contribution in [-0.2, 0) is 10.3 Å². The number of carbonyl (C=O) groups excluding carboxylic acids is 1. The van der Waals surface area contributed by atoms with E-state index in [2.05, 4.69) is 17.6 Å². The second kappa shape index (κ2) is 8.57. The third-order valence-electron chi connectivity index (χ3n) is 3.69. The van der Waals surface area contributed by atoms with Crippen molar-refractivity contribution in [1.82, 2.24) is 10.6 Å². The normalized spacial score (nSPS) is 10.6. The van der Waals surface area contributed by atoms with Gasteiger partial charge in [0.1, 0.15) is 0 Å². The fourth-order valence-electron chi connectivity index (χ4n) is 2.43. The van der Waals surface area contributed by atoms with Crippen molar-refractivity contribution < 1.29 is 4.79 Å². The van der Waals surface area contributed by atoms with Gasteiger partial charge in [-0.3, -0.25) is 4.79 Å². The molecule has 22 heavy (non-hydrogen) atoms. The molecule has 2 rings (SSSR count). The van der Waals surface area contributed by atoms with Gasteiger partial charge in [-0.05, 0) is 25.1 Å². The molecule has 0 aliphatic rings. The van der Waals surface area contributed by atoms with E-state index < -0.39 is 5.54 Å². The van der Waals surface area contributed by atoms with Gasteiger partial charge in [-0.15, -0.1) is 12.4 Å². The van der Waals surface area contributed by atoms with E-state index >= 15 is 0 Å². The van der Waals surface area contributed by atoms with E-state index in [0.29, 0.717) is 13.0 Å². The Morgan fingerprint density at radius 3 is 1.82 bits per heavy atom. The van der Waals surface area contributed by atoms with Gasteiger partial charge in [-0.25, -0.2) is 0 Å². The van der Waals surface area contributed by atoms with Crippen LogP contribution in [0, 0.1) is 0 Å². The molecule has 0 bridgehead atoms. The van der Waals surface area contributed by atoms with Crippen LogP contribution in [-0.4, -0.2) is 19.5 Å². The molecule has 0 radical (unpaired) electrons. The summed E-state index contributed by atoms with van der Waals surface area (Å²) in [6.07, 6.45) is 0.464. The molecular formula is C18H23ClN2O.